The Labute approximate surface area is 709 Å². The van der Waals surface area contributed by atoms with Gasteiger partial charge in [0.05, 0.1) is 54.8 Å². The summed E-state index contributed by atoms with van der Waals surface area (Å²) in [5, 5.41) is 60.7. The monoisotopic (exact) mass is 1800 g/mol. The lowest BCUT2D eigenvalue weighted by atomic mass is 10.0. The van der Waals surface area contributed by atoms with Crippen LogP contribution in [0.4, 0.5) is 0 Å². The van der Waals surface area contributed by atoms with Crippen molar-refractivity contribution in [3.8, 4) is 17.4 Å². The molecule has 0 aliphatic heterocycles. The van der Waals surface area contributed by atoms with Crippen molar-refractivity contribution in [1.82, 2.24) is 46.6 Å². The highest BCUT2D eigenvalue weighted by Crippen LogP contribution is 2.16. The Morgan fingerprint density at radius 1 is 0.373 bits per heavy atom. The van der Waals surface area contributed by atoms with Crippen LogP contribution in [0.25, 0.3) is 0 Å². The molecule has 0 saturated heterocycles. The van der Waals surface area contributed by atoms with Crippen molar-refractivity contribution in [2.75, 3.05) is 172 Å². The summed E-state index contributed by atoms with van der Waals surface area (Å²) in [4.78, 5) is 141. The van der Waals surface area contributed by atoms with Crippen molar-refractivity contribution in [3.05, 3.63) is 0 Å². The smallest absolute Gasteiger partial charge is 0.300 e. The fourth-order valence-electron chi connectivity index (χ4n) is 7.07. The lowest BCUT2D eigenvalue weighted by Gasteiger charge is -2.27. The van der Waals surface area contributed by atoms with Gasteiger partial charge in [-0.05, 0) is 215 Å². The summed E-state index contributed by atoms with van der Waals surface area (Å²) in [6.07, 6.45) is 29.6. The largest absolute Gasteiger partial charge is 0.481 e. The first-order valence-corrected chi connectivity index (χ1v) is 48.5. The van der Waals surface area contributed by atoms with E-state index in [1.165, 1.54) is 42.9 Å². The molecule has 0 rings (SSSR count). The number of likely N-dealkylation sites (N-methyl/N-ethyl adjacent to an activating group) is 3. The van der Waals surface area contributed by atoms with Crippen molar-refractivity contribution in [3.63, 3.8) is 0 Å². The normalized spacial score (nSPS) is 9.52. The van der Waals surface area contributed by atoms with Gasteiger partial charge in [0.2, 0.25) is 35.4 Å². The number of carboxylic acid groups (broad SMARTS) is 3. The van der Waals surface area contributed by atoms with Gasteiger partial charge < -0.3 is 79.1 Å². The van der Waals surface area contributed by atoms with Gasteiger partial charge in [-0.15, -0.1) is 0 Å². The first-order chi connectivity index (χ1) is 52.1. The highest BCUT2D eigenvalue weighted by Gasteiger charge is 2.31. The molecule has 0 bridgehead atoms. The zero-order valence-corrected chi connectivity index (χ0v) is 81.3. The third-order valence-corrected chi connectivity index (χ3v) is 18.0. The number of thiol groups is 1. The Morgan fingerprint density at radius 2 is 0.555 bits per heavy atom. The molecule has 15 N–H and O–H groups in total. The van der Waals surface area contributed by atoms with E-state index in [1.807, 2.05) is 48.9 Å². The molecule has 30 nitrogen and oxygen atoms in total. The number of amides is 6. The lowest BCUT2D eigenvalue weighted by Crippen LogP contribution is -2.45. The number of aliphatic carboxylic acids is 3. The van der Waals surface area contributed by atoms with Crippen LogP contribution in [0.5, 0.6) is 0 Å². The predicted octanol–water partition coefficient (Wildman–Crippen LogP) is 8.80. The van der Waals surface area contributed by atoms with E-state index < -0.39 is 36.0 Å². The molecule has 0 aromatic rings. The van der Waals surface area contributed by atoms with Gasteiger partial charge in [0, 0.05) is 102 Å². The second kappa shape index (κ2) is 129. The standard InChI is InChI=1S/2C17H33N3O3S.C16H31N3O3S.3C2H4O2.3C2H6S2.3CH2NP.3CH5N/c2*1-18-11-8-9-15(21)14(13-16(22)19-2)20(3)17(23)10-6-5-7-12-24-4;1-17-10-7-8-14(20)13(12-15(21)18-2)19(3)16(22)9-5-4-6-11-23;3*1-2(3)4;3*1-3-4-2;3*2-1-3;3*1-2/h2*14,18H,5-13H2,1-4H3,(H,19,22);13,17,23H,4-12H2,1-3H3,(H,18,21);3*1H3,(H,3,4);3*1-2H3;3*3H2;3*2H2,1H3/t2*14-;13-;;;;;;;;;;;;/m000............/s1. The zero-order chi connectivity index (χ0) is 89.5. The van der Waals surface area contributed by atoms with E-state index >= 15 is 0 Å². The van der Waals surface area contributed by atoms with Gasteiger partial charge in [-0.1, -0.05) is 84.0 Å². The fraction of sp³-hybridized carbons (Fsp3) is 0.779. The van der Waals surface area contributed by atoms with Crippen molar-refractivity contribution in [1.29, 1.82) is 15.8 Å². The number of nitrogens with one attached hydrogen (secondary N) is 6. The number of thioether (sulfide) groups is 2. The van der Waals surface area contributed by atoms with E-state index in [-0.39, 0.29) is 72.1 Å². The molecule has 0 heterocycles. The first kappa shape index (κ1) is 142. The molecule has 6 amide bonds. The Kier molecular flexibility index (Phi) is 167. The zero-order valence-electron chi connectivity index (χ0n) is 70.4. The molecule has 0 aliphatic carbocycles. The number of carbonyl (C=O) groups is 12. The predicted molar refractivity (Wildman–Crippen MR) is 494 cm³/mol. The summed E-state index contributed by atoms with van der Waals surface area (Å²) < 4.78 is 0. The summed E-state index contributed by atoms with van der Waals surface area (Å²) in [6.45, 7) is 5.47. The second-order valence-electron chi connectivity index (χ2n) is 20.3. The molecule has 0 radical (unpaired) electrons. The molecule has 0 aromatic heterocycles. The number of hydrogen-bond donors (Lipinski definition) is 13. The van der Waals surface area contributed by atoms with Crippen LogP contribution in [0.15, 0.2) is 0 Å². The lowest BCUT2D eigenvalue weighted by molar-refractivity contribution is -0.140. The number of hydrogen-bond acceptors (Lipinski definition) is 30. The molecule has 0 fully saturated rings. The van der Waals surface area contributed by atoms with E-state index in [2.05, 4.69) is 112 Å². The van der Waals surface area contributed by atoms with Gasteiger partial charge in [0.1, 0.15) is 0 Å². The minimum absolute atomic E-state index is 0.0216. The summed E-state index contributed by atoms with van der Waals surface area (Å²) in [5.41, 5.74) is 13.5. The molecular weight excluding hydrogens is 1650 g/mol. The molecule has 0 aromatic carbocycles. The van der Waals surface area contributed by atoms with Gasteiger partial charge in [0.15, 0.2) is 17.3 Å². The molecule has 3 unspecified atom stereocenters. The van der Waals surface area contributed by atoms with Crippen molar-refractivity contribution in [2.45, 2.75) is 174 Å². The van der Waals surface area contributed by atoms with E-state index in [1.54, 1.807) is 141 Å². The third-order valence-electron chi connectivity index (χ3n) is 12.2. The van der Waals surface area contributed by atoms with Crippen LogP contribution in [-0.2, 0) is 57.5 Å². The molecule has 42 heteroatoms. The van der Waals surface area contributed by atoms with Crippen LogP contribution in [0.1, 0.15) is 156 Å². The molecule has 0 aliphatic rings. The van der Waals surface area contributed by atoms with Crippen molar-refractivity contribution in [2.24, 2.45) is 17.2 Å². The number of carbonyl (C=O) groups excluding carboxylic acids is 9. The van der Waals surface area contributed by atoms with Crippen LogP contribution < -0.4 is 49.1 Å². The van der Waals surface area contributed by atoms with E-state index in [0.717, 1.165) is 115 Å². The fourth-order valence-corrected chi connectivity index (χ4v) is 8.27. The maximum atomic E-state index is 12.4. The van der Waals surface area contributed by atoms with Gasteiger partial charge in [-0.3, -0.25) is 57.5 Å². The molecular formula is C68H148N15O15P3S9. The van der Waals surface area contributed by atoms with Crippen LogP contribution in [0.3, 0.4) is 0 Å². The Balaban J connectivity index is -0.0000000761. The SMILES string of the molecule is CC(=O)O.CC(=O)O.CC(=O)O.CN.CN.CN.CNCCCC(=O)[C@H](CC(=O)NC)N(C)C(=O)CCCCCS.CNCCCC(=O)[C@H](CC(=O)NC)N(C)C(=O)CCCCCSC.CNCCCC(=O)[C@H](CC(=O)NC)N(C)C(=O)CCCCCSC.CSSC.CSSC.CSSC.N#CP.N#CP.N#CP. The summed E-state index contributed by atoms with van der Waals surface area (Å²) in [7, 11) is 35.8. The second-order valence-corrected chi connectivity index (χ2v) is 31.5. The van der Waals surface area contributed by atoms with E-state index in [4.69, 9.17) is 45.5 Å². The maximum absolute atomic E-state index is 12.4. The van der Waals surface area contributed by atoms with Gasteiger partial charge in [0.25, 0.3) is 17.9 Å². The van der Waals surface area contributed by atoms with Crippen LogP contribution >= 0.6 is 129 Å². The molecule has 6 atom stereocenters. The Bertz CT molecular complexity index is 2100. The summed E-state index contributed by atoms with van der Waals surface area (Å²) >= 11 is 7.75. The summed E-state index contributed by atoms with van der Waals surface area (Å²) in [5.74, 6) is 4.49. The topological polar surface area (TPSA) is 497 Å². The number of nitriles is 3. The molecule has 0 spiro atoms. The van der Waals surface area contributed by atoms with Crippen LogP contribution in [0.2, 0.25) is 0 Å². The number of rotatable bonds is 44. The number of Topliss-reactive ketones (excluding diaryl/α,β-unsaturated/α-hetero) is 3. The third kappa shape index (κ3) is 143. The number of ketones is 3. The molecule has 110 heavy (non-hydrogen) atoms. The molecule has 654 valence electrons. The number of nitrogens with two attached hydrogens (primary N) is 3. The van der Waals surface area contributed by atoms with Crippen LogP contribution in [-0.4, -0.2) is 290 Å². The maximum Gasteiger partial charge on any atom is 0.300 e. The quantitative estimate of drug-likeness (QED) is 0.0117. The number of unbranched alkanes of at least 4 members (excludes halogenated alkanes) is 6. The van der Waals surface area contributed by atoms with Gasteiger partial charge in [-0.2, -0.15) is 51.9 Å². The number of carboxylic acids is 3. The van der Waals surface area contributed by atoms with Crippen molar-refractivity contribution >= 4 is 199 Å². The van der Waals surface area contributed by atoms with E-state index in [0.29, 0.717) is 57.8 Å². The highest BCUT2D eigenvalue weighted by atomic mass is 33.1. The summed E-state index contributed by atoms with van der Waals surface area (Å²) in [6, 6.07) is -2.01. The first-order valence-electron chi connectivity index (χ1n) is 34.4. The van der Waals surface area contributed by atoms with Crippen LogP contribution in [0, 0.1) is 33.2 Å². The number of nitrogens with zero attached hydrogens (tertiary/aromatic N) is 6. The van der Waals surface area contributed by atoms with Gasteiger partial charge in [-0.25, -0.2) is 0 Å². The average Bonchev–Trinajstić information content (AvgIpc) is 0.888. The molecule has 0 saturated carbocycles. The van der Waals surface area contributed by atoms with Crippen molar-refractivity contribution < 1.29 is 72.9 Å². The van der Waals surface area contributed by atoms with Gasteiger partial charge >= 0.3 is 0 Å². The highest BCUT2D eigenvalue weighted by molar-refractivity contribution is 8.76. The minimum Gasteiger partial charge on any atom is -0.481 e. The Hall–Kier alpha value is -3.09. The Morgan fingerprint density at radius 3 is 0.700 bits per heavy atom. The average molecular weight is 1800 g/mol. The van der Waals surface area contributed by atoms with E-state index in [9.17, 15) is 43.2 Å². The minimum atomic E-state index is -0.833.